The van der Waals surface area contributed by atoms with Gasteiger partial charge in [0.1, 0.15) is 0 Å². The fourth-order valence-corrected chi connectivity index (χ4v) is 2.00. The van der Waals surface area contributed by atoms with E-state index < -0.39 is 0 Å². The SMILES string of the molecule is Cc1cc(CN2CCCNCC2=O)n(C)n1. The van der Waals surface area contributed by atoms with E-state index in [9.17, 15) is 4.79 Å². The van der Waals surface area contributed by atoms with Gasteiger partial charge in [-0.3, -0.25) is 9.48 Å². The van der Waals surface area contributed by atoms with Crippen LogP contribution in [0.1, 0.15) is 17.8 Å². The van der Waals surface area contributed by atoms with E-state index in [4.69, 9.17) is 0 Å². The third-order valence-corrected chi connectivity index (χ3v) is 2.86. The summed E-state index contributed by atoms with van der Waals surface area (Å²) in [6, 6.07) is 2.03. The predicted molar refractivity (Wildman–Crippen MR) is 60.8 cm³/mol. The Labute approximate surface area is 95.4 Å². The van der Waals surface area contributed by atoms with E-state index in [-0.39, 0.29) is 5.91 Å². The van der Waals surface area contributed by atoms with E-state index in [1.54, 1.807) is 0 Å². The van der Waals surface area contributed by atoms with Gasteiger partial charge in [0.25, 0.3) is 0 Å². The Bertz CT molecular complexity index is 385. The van der Waals surface area contributed by atoms with Crippen molar-refractivity contribution in [1.82, 2.24) is 20.0 Å². The van der Waals surface area contributed by atoms with Crippen LogP contribution in [0.3, 0.4) is 0 Å². The van der Waals surface area contributed by atoms with Crippen LogP contribution in [0, 0.1) is 6.92 Å². The number of amides is 1. The molecule has 0 unspecified atom stereocenters. The van der Waals surface area contributed by atoms with E-state index in [0.717, 1.165) is 30.9 Å². The molecule has 1 aromatic heterocycles. The maximum absolute atomic E-state index is 11.8. The van der Waals surface area contributed by atoms with Gasteiger partial charge in [-0.2, -0.15) is 5.10 Å². The van der Waals surface area contributed by atoms with Gasteiger partial charge >= 0.3 is 0 Å². The van der Waals surface area contributed by atoms with Gasteiger partial charge in [0.05, 0.1) is 24.5 Å². The predicted octanol–water partition coefficient (Wildman–Crippen LogP) is 0.0504. The number of hydrogen-bond acceptors (Lipinski definition) is 3. The van der Waals surface area contributed by atoms with Crippen molar-refractivity contribution >= 4 is 5.91 Å². The largest absolute Gasteiger partial charge is 0.336 e. The molecule has 1 amide bonds. The molecule has 0 atom stereocenters. The summed E-state index contributed by atoms with van der Waals surface area (Å²) in [6.45, 7) is 4.84. The van der Waals surface area contributed by atoms with Crippen molar-refractivity contribution in [3.63, 3.8) is 0 Å². The third-order valence-electron chi connectivity index (χ3n) is 2.86. The molecule has 16 heavy (non-hydrogen) atoms. The van der Waals surface area contributed by atoms with Gasteiger partial charge in [0, 0.05) is 13.6 Å². The zero-order valence-electron chi connectivity index (χ0n) is 9.86. The lowest BCUT2D eigenvalue weighted by atomic mass is 10.3. The normalized spacial score (nSPS) is 17.6. The molecular formula is C11H18N4O. The smallest absolute Gasteiger partial charge is 0.236 e. The van der Waals surface area contributed by atoms with Crippen LogP contribution in [0.25, 0.3) is 0 Å². The molecule has 1 N–H and O–H groups in total. The average molecular weight is 222 g/mol. The summed E-state index contributed by atoms with van der Waals surface area (Å²) in [5.74, 6) is 0.177. The molecule has 1 aromatic rings. The molecule has 5 heteroatoms. The lowest BCUT2D eigenvalue weighted by Crippen LogP contribution is -2.34. The van der Waals surface area contributed by atoms with Crippen LogP contribution in [0.4, 0.5) is 0 Å². The molecule has 2 rings (SSSR count). The van der Waals surface area contributed by atoms with Crippen molar-refractivity contribution in [2.45, 2.75) is 19.9 Å². The fourth-order valence-electron chi connectivity index (χ4n) is 2.00. The Hall–Kier alpha value is -1.36. The van der Waals surface area contributed by atoms with E-state index in [1.165, 1.54) is 0 Å². The van der Waals surface area contributed by atoms with Gasteiger partial charge in [0.2, 0.25) is 5.91 Å². The highest BCUT2D eigenvalue weighted by atomic mass is 16.2. The Morgan fingerprint density at radius 3 is 3.06 bits per heavy atom. The average Bonchev–Trinajstić information content (AvgIpc) is 2.43. The molecule has 0 aliphatic carbocycles. The summed E-state index contributed by atoms with van der Waals surface area (Å²) in [7, 11) is 1.92. The van der Waals surface area contributed by atoms with Crippen LogP contribution >= 0.6 is 0 Å². The van der Waals surface area contributed by atoms with Gasteiger partial charge < -0.3 is 10.2 Å². The topological polar surface area (TPSA) is 50.2 Å². The first-order valence-electron chi connectivity index (χ1n) is 5.65. The van der Waals surface area contributed by atoms with E-state index >= 15 is 0 Å². The molecule has 1 fully saturated rings. The second-order valence-electron chi connectivity index (χ2n) is 4.25. The molecule has 0 aromatic carbocycles. The van der Waals surface area contributed by atoms with Crippen LogP contribution in [0.15, 0.2) is 6.07 Å². The first-order valence-corrected chi connectivity index (χ1v) is 5.65. The number of nitrogens with zero attached hydrogens (tertiary/aromatic N) is 3. The first kappa shape index (κ1) is 11.1. The summed E-state index contributed by atoms with van der Waals surface area (Å²) < 4.78 is 1.85. The summed E-state index contributed by atoms with van der Waals surface area (Å²) >= 11 is 0. The Morgan fingerprint density at radius 1 is 1.56 bits per heavy atom. The minimum absolute atomic E-state index is 0.177. The van der Waals surface area contributed by atoms with Crippen molar-refractivity contribution < 1.29 is 4.79 Å². The van der Waals surface area contributed by atoms with E-state index in [0.29, 0.717) is 13.1 Å². The number of hydrogen-bond donors (Lipinski definition) is 1. The standard InChI is InChI=1S/C11H18N4O/c1-9-6-10(14(2)13-9)8-15-5-3-4-12-7-11(15)16/h6,12H,3-5,7-8H2,1-2H3. The van der Waals surface area contributed by atoms with Gasteiger partial charge in [-0.05, 0) is 26.0 Å². The molecule has 88 valence electrons. The summed E-state index contributed by atoms with van der Waals surface area (Å²) in [5, 5.41) is 7.41. The second kappa shape index (κ2) is 4.65. The number of nitrogens with one attached hydrogen (secondary N) is 1. The zero-order valence-corrected chi connectivity index (χ0v) is 9.86. The lowest BCUT2D eigenvalue weighted by Gasteiger charge is -2.19. The van der Waals surface area contributed by atoms with Crippen molar-refractivity contribution in [2.75, 3.05) is 19.6 Å². The molecule has 1 aliphatic rings. The molecule has 5 nitrogen and oxygen atoms in total. The maximum atomic E-state index is 11.8. The highest BCUT2D eigenvalue weighted by Crippen LogP contribution is 2.08. The number of aromatic nitrogens is 2. The summed E-state index contributed by atoms with van der Waals surface area (Å²) in [6.07, 6.45) is 1.02. The maximum Gasteiger partial charge on any atom is 0.236 e. The van der Waals surface area contributed by atoms with Crippen LogP contribution in [0.5, 0.6) is 0 Å². The van der Waals surface area contributed by atoms with Crippen molar-refractivity contribution in [2.24, 2.45) is 7.05 Å². The zero-order chi connectivity index (χ0) is 11.5. The highest BCUT2D eigenvalue weighted by Gasteiger charge is 2.17. The van der Waals surface area contributed by atoms with E-state index in [1.807, 2.05) is 29.6 Å². The molecule has 2 heterocycles. The van der Waals surface area contributed by atoms with Crippen molar-refractivity contribution in [1.29, 1.82) is 0 Å². The highest BCUT2D eigenvalue weighted by molar-refractivity contribution is 5.78. The number of carbonyl (C=O) groups excluding carboxylic acids is 1. The third kappa shape index (κ3) is 2.41. The number of rotatable bonds is 2. The van der Waals surface area contributed by atoms with Crippen LogP contribution in [0.2, 0.25) is 0 Å². The van der Waals surface area contributed by atoms with Crippen molar-refractivity contribution in [3.05, 3.63) is 17.5 Å². The minimum Gasteiger partial charge on any atom is -0.336 e. The Balaban J connectivity index is 2.07. The van der Waals surface area contributed by atoms with Gasteiger partial charge in [0.15, 0.2) is 0 Å². The summed E-state index contributed by atoms with van der Waals surface area (Å²) in [5.41, 5.74) is 2.09. The fraction of sp³-hybridized carbons (Fsp3) is 0.636. The molecule has 0 spiro atoms. The second-order valence-corrected chi connectivity index (χ2v) is 4.25. The van der Waals surface area contributed by atoms with Gasteiger partial charge in [-0.25, -0.2) is 0 Å². The van der Waals surface area contributed by atoms with Crippen LogP contribution < -0.4 is 5.32 Å². The molecule has 0 bridgehead atoms. The summed E-state index contributed by atoms with van der Waals surface area (Å²) in [4.78, 5) is 13.7. The van der Waals surface area contributed by atoms with Crippen LogP contribution in [-0.4, -0.2) is 40.2 Å². The monoisotopic (exact) mass is 222 g/mol. The van der Waals surface area contributed by atoms with E-state index in [2.05, 4.69) is 10.4 Å². The minimum atomic E-state index is 0.177. The first-order chi connectivity index (χ1) is 7.66. The number of carbonyl (C=O) groups is 1. The quantitative estimate of drug-likeness (QED) is 0.769. The molecular weight excluding hydrogens is 204 g/mol. The van der Waals surface area contributed by atoms with Gasteiger partial charge in [-0.15, -0.1) is 0 Å². The van der Waals surface area contributed by atoms with Crippen LogP contribution in [-0.2, 0) is 18.4 Å². The molecule has 0 radical (unpaired) electrons. The van der Waals surface area contributed by atoms with Gasteiger partial charge in [-0.1, -0.05) is 0 Å². The molecule has 1 aliphatic heterocycles. The molecule has 1 saturated heterocycles. The van der Waals surface area contributed by atoms with Crippen molar-refractivity contribution in [3.8, 4) is 0 Å². The Morgan fingerprint density at radius 2 is 2.38 bits per heavy atom. The molecule has 0 saturated carbocycles. The lowest BCUT2D eigenvalue weighted by molar-refractivity contribution is -0.130. The number of aryl methyl sites for hydroxylation is 2. The Kier molecular flexibility index (Phi) is 3.24.